The molecule has 1 saturated carbocycles. The van der Waals surface area contributed by atoms with Crippen molar-refractivity contribution in [1.29, 1.82) is 0 Å². The van der Waals surface area contributed by atoms with Crippen molar-refractivity contribution >= 4 is 5.78 Å². The molecule has 1 aliphatic rings. The highest BCUT2D eigenvalue weighted by Crippen LogP contribution is 2.29. The minimum Gasteiger partial charge on any atom is -0.382 e. The second-order valence-corrected chi connectivity index (χ2v) is 2.79. The molecule has 0 heterocycles. The second kappa shape index (κ2) is 2.10. The lowest BCUT2D eigenvalue weighted by atomic mass is 9.98. The Balaban J connectivity index is 2.61. The number of aliphatic hydroxyl groups is 1. The smallest absolute Gasteiger partial charge is 0.161 e. The first-order valence-corrected chi connectivity index (χ1v) is 3.38. The Morgan fingerprint density at radius 3 is 2.11 bits per heavy atom. The van der Waals surface area contributed by atoms with E-state index in [0.717, 1.165) is 12.8 Å². The van der Waals surface area contributed by atoms with Crippen LogP contribution in [-0.2, 0) is 4.79 Å². The normalized spacial score (nSPS) is 24.2. The number of rotatable bonds is 1. The number of Topliss-reactive ketones (excluding diaryl/α,β-unsaturated/α-hetero) is 1. The molecule has 1 aliphatic carbocycles. The summed E-state index contributed by atoms with van der Waals surface area (Å²) in [4.78, 5) is 10.7. The largest absolute Gasteiger partial charge is 0.382 e. The Morgan fingerprint density at radius 1 is 1.44 bits per heavy atom. The molecule has 0 aromatic rings. The van der Waals surface area contributed by atoms with Crippen LogP contribution in [0.4, 0.5) is 0 Å². The van der Waals surface area contributed by atoms with Crippen molar-refractivity contribution in [3.63, 3.8) is 0 Å². The van der Waals surface area contributed by atoms with Gasteiger partial charge in [-0.1, -0.05) is 0 Å². The Bertz CT molecular complexity index is 123. The maximum Gasteiger partial charge on any atom is 0.161 e. The van der Waals surface area contributed by atoms with Crippen LogP contribution in [-0.4, -0.2) is 16.5 Å². The third-order valence-corrected chi connectivity index (χ3v) is 2.09. The number of hydrogen-bond donors (Lipinski definition) is 1. The molecule has 52 valence electrons. The Hall–Kier alpha value is -0.370. The van der Waals surface area contributed by atoms with Gasteiger partial charge in [0.2, 0.25) is 0 Å². The van der Waals surface area contributed by atoms with Crippen LogP contribution in [0.1, 0.15) is 32.6 Å². The van der Waals surface area contributed by atoms with Crippen LogP contribution in [0.2, 0.25) is 0 Å². The predicted molar refractivity (Wildman–Crippen MR) is 34.1 cm³/mol. The average molecular weight is 128 g/mol. The molecule has 0 atom stereocenters. The van der Waals surface area contributed by atoms with Crippen molar-refractivity contribution in [3.05, 3.63) is 0 Å². The van der Waals surface area contributed by atoms with Gasteiger partial charge in [0.15, 0.2) is 5.78 Å². The zero-order valence-electron chi connectivity index (χ0n) is 5.68. The van der Waals surface area contributed by atoms with Crippen LogP contribution >= 0.6 is 0 Å². The van der Waals surface area contributed by atoms with Gasteiger partial charge in [-0.05, 0) is 32.6 Å². The van der Waals surface area contributed by atoms with E-state index < -0.39 is 5.60 Å². The number of ketones is 1. The summed E-state index contributed by atoms with van der Waals surface area (Å²) in [6, 6.07) is 0. The van der Waals surface area contributed by atoms with Crippen LogP contribution in [0.25, 0.3) is 0 Å². The summed E-state index contributed by atoms with van der Waals surface area (Å²) in [6.07, 6.45) is 3.33. The summed E-state index contributed by atoms with van der Waals surface area (Å²) in [6.45, 7) is 1.46. The van der Waals surface area contributed by atoms with Gasteiger partial charge in [0.05, 0.1) is 0 Å². The minimum absolute atomic E-state index is 0.0694. The fourth-order valence-electron chi connectivity index (χ4n) is 1.31. The van der Waals surface area contributed by atoms with Crippen molar-refractivity contribution in [2.45, 2.75) is 38.2 Å². The molecule has 0 amide bonds. The molecule has 0 aliphatic heterocycles. The standard InChI is InChI=1S/C7H12O2/c1-6(8)7(9)4-2-3-5-7/h9H,2-5H2,1H3. The molecular weight excluding hydrogens is 116 g/mol. The number of carbonyl (C=O) groups is 1. The average Bonchev–Trinajstić information content (AvgIpc) is 2.16. The van der Waals surface area contributed by atoms with E-state index in [2.05, 4.69) is 0 Å². The lowest BCUT2D eigenvalue weighted by molar-refractivity contribution is -0.134. The van der Waals surface area contributed by atoms with Crippen molar-refractivity contribution in [2.75, 3.05) is 0 Å². The molecule has 2 heteroatoms. The van der Waals surface area contributed by atoms with Gasteiger partial charge in [0.25, 0.3) is 0 Å². The van der Waals surface area contributed by atoms with Gasteiger partial charge in [-0.2, -0.15) is 0 Å². The molecule has 0 bridgehead atoms. The molecule has 1 rings (SSSR count). The third kappa shape index (κ3) is 1.13. The Morgan fingerprint density at radius 2 is 1.89 bits per heavy atom. The molecule has 9 heavy (non-hydrogen) atoms. The van der Waals surface area contributed by atoms with Gasteiger partial charge in [-0.3, -0.25) is 4.79 Å². The summed E-state index contributed by atoms with van der Waals surface area (Å²) in [5.41, 5.74) is -0.944. The van der Waals surface area contributed by atoms with Gasteiger partial charge in [-0.25, -0.2) is 0 Å². The maximum atomic E-state index is 10.7. The molecule has 2 nitrogen and oxygen atoms in total. The van der Waals surface area contributed by atoms with Crippen molar-refractivity contribution < 1.29 is 9.90 Å². The summed E-state index contributed by atoms with van der Waals surface area (Å²) >= 11 is 0. The summed E-state index contributed by atoms with van der Waals surface area (Å²) in [5, 5.41) is 9.42. The Kier molecular flexibility index (Phi) is 1.58. The first-order chi connectivity index (χ1) is 4.15. The van der Waals surface area contributed by atoms with Gasteiger partial charge in [-0.15, -0.1) is 0 Å². The highest BCUT2D eigenvalue weighted by atomic mass is 16.3. The van der Waals surface area contributed by atoms with E-state index in [0.29, 0.717) is 12.8 Å². The van der Waals surface area contributed by atoms with Crippen LogP contribution in [0.3, 0.4) is 0 Å². The zero-order chi connectivity index (χ0) is 6.91. The highest BCUT2D eigenvalue weighted by molar-refractivity contribution is 5.84. The quantitative estimate of drug-likeness (QED) is 0.569. The lowest BCUT2D eigenvalue weighted by Gasteiger charge is -2.16. The van der Waals surface area contributed by atoms with E-state index in [-0.39, 0.29) is 5.78 Å². The van der Waals surface area contributed by atoms with Crippen molar-refractivity contribution in [1.82, 2.24) is 0 Å². The first-order valence-electron chi connectivity index (χ1n) is 3.38. The maximum absolute atomic E-state index is 10.7. The fourth-order valence-corrected chi connectivity index (χ4v) is 1.31. The SMILES string of the molecule is CC(=O)C1(O)CCCC1. The molecular formula is C7H12O2. The number of carbonyl (C=O) groups excluding carboxylic acids is 1. The Labute approximate surface area is 54.9 Å². The summed E-state index contributed by atoms with van der Waals surface area (Å²) in [7, 11) is 0. The molecule has 0 aromatic carbocycles. The summed E-state index contributed by atoms with van der Waals surface area (Å²) in [5.74, 6) is -0.0694. The summed E-state index contributed by atoms with van der Waals surface area (Å²) < 4.78 is 0. The van der Waals surface area contributed by atoms with Crippen LogP contribution in [0.15, 0.2) is 0 Å². The van der Waals surface area contributed by atoms with E-state index in [4.69, 9.17) is 0 Å². The zero-order valence-corrected chi connectivity index (χ0v) is 5.68. The van der Waals surface area contributed by atoms with Crippen LogP contribution in [0.5, 0.6) is 0 Å². The van der Waals surface area contributed by atoms with E-state index in [9.17, 15) is 9.90 Å². The third-order valence-electron chi connectivity index (χ3n) is 2.09. The molecule has 0 unspecified atom stereocenters. The van der Waals surface area contributed by atoms with E-state index in [1.54, 1.807) is 0 Å². The van der Waals surface area contributed by atoms with E-state index >= 15 is 0 Å². The van der Waals surface area contributed by atoms with E-state index in [1.165, 1.54) is 6.92 Å². The molecule has 1 N–H and O–H groups in total. The molecule has 0 aromatic heterocycles. The molecule has 0 spiro atoms. The topological polar surface area (TPSA) is 37.3 Å². The lowest BCUT2D eigenvalue weighted by Crippen LogP contribution is -2.32. The van der Waals surface area contributed by atoms with Crippen LogP contribution < -0.4 is 0 Å². The van der Waals surface area contributed by atoms with Crippen molar-refractivity contribution in [3.8, 4) is 0 Å². The molecule has 1 fully saturated rings. The van der Waals surface area contributed by atoms with Gasteiger partial charge >= 0.3 is 0 Å². The first kappa shape index (κ1) is 6.75. The molecule has 0 saturated heterocycles. The molecule has 0 radical (unpaired) electrons. The van der Waals surface area contributed by atoms with Gasteiger partial charge in [0, 0.05) is 0 Å². The van der Waals surface area contributed by atoms with E-state index in [1.807, 2.05) is 0 Å². The fraction of sp³-hybridized carbons (Fsp3) is 0.857. The van der Waals surface area contributed by atoms with Gasteiger partial charge in [0.1, 0.15) is 5.60 Å². The highest BCUT2D eigenvalue weighted by Gasteiger charge is 2.35. The van der Waals surface area contributed by atoms with Crippen molar-refractivity contribution in [2.24, 2.45) is 0 Å². The predicted octanol–water partition coefficient (Wildman–Crippen LogP) is 0.881. The van der Waals surface area contributed by atoms with Crippen LogP contribution in [0, 0.1) is 0 Å². The minimum atomic E-state index is -0.944. The second-order valence-electron chi connectivity index (χ2n) is 2.79. The monoisotopic (exact) mass is 128 g/mol. The number of hydrogen-bond acceptors (Lipinski definition) is 2. The van der Waals surface area contributed by atoms with Gasteiger partial charge < -0.3 is 5.11 Å².